The minimum Gasteiger partial charge on any atom is -0.399 e. The van der Waals surface area contributed by atoms with Gasteiger partial charge in [-0.2, -0.15) is 0 Å². The first-order valence-corrected chi connectivity index (χ1v) is 8.02. The van der Waals surface area contributed by atoms with Crippen LogP contribution in [0, 0.1) is 0 Å². The lowest BCUT2D eigenvalue weighted by Crippen LogP contribution is -2.41. The maximum atomic E-state index is 12.5. The highest BCUT2D eigenvalue weighted by molar-refractivity contribution is 6.62. The Morgan fingerprint density at radius 1 is 1.22 bits per heavy atom. The minimum atomic E-state index is -0.439. The molecule has 0 N–H and O–H groups in total. The van der Waals surface area contributed by atoms with Gasteiger partial charge in [0.05, 0.1) is 17.8 Å². The van der Waals surface area contributed by atoms with Crippen molar-refractivity contribution in [1.82, 2.24) is 4.90 Å². The van der Waals surface area contributed by atoms with E-state index in [9.17, 15) is 4.79 Å². The Morgan fingerprint density at radius 2 is 1.87 bits per heavy atom. The van der Waals surface area contributed by atoms with Gasteiger partial charge in [-0.3, -0.25) is 4.79 Å². The van der Waals surface area contributed by atoms with E-state index in [1.165, 1.54) is 0 Å². The molecule has 1 aromatic carbocycles. The van der Waals surface area contributed by atoms with Crippen molar-refractivity contribution in [3.63, 3.8) is 0 Å². The van der Waals surface area contributed by atoms with Crippen LogP contribution in [0.5, 0.6) is 0 Å². The highest BCUT2D eigenvalue weighted by Gasteiger charge is 2.51. The van der Waals surface area contributed by atoms with E-state index in [0.717, 1.165) is 16.6 Å². The number of benzene rings is 1. The summed E-state index contributed by atoms with van der Waals surface area (Å²) in [5.41, 5.74) is 1.92. The van der Waals surface area contributed by atoms with Gasteiger partial charge in [-0.05, 0) is 44.8 Å². The second-order valence-corrected chi connectivity index (χ2v) is 7.22. The molecule has 0 unspecified atom stereocenters. The molecule has 0 saturated carbocycles. The molecule has 1 saturated heterocycles. The summed E-state index contributed by atoms with van der Waals surface area (Å²) in [4.78, 5) is 14.3. The Hall–Kier alpha value is -1.37. The Kier molecular flexibility index (Phi) is 4.03. The summed E-state index contributed by atoms with van der Waals surface area (Å²) in [5, 5.41) is 0. The topological polar surface area (TPSA) is 48.0 Å². The van der Waals surface area contributed by atoms with Crippen LogP contribution in [0.2, 0.25) is 0 Å². The highest BCUT2D eigenvalue weighted by atomic mass is 16.7. The third-order valence-electron chi connectivity index (χ3n) is 5.10. The number of fused-ring (bicyclic) bond motifs is 1. The fourth-order valence-corrected chi connectivity index (χ4v) is 2.89. The molecule has 5 nitrogen and oxygen atoms in total. The number of ether oxygens (including phenoxy) is 1. The molecule has 2 aliphatic rings. The van der Waals surface area contributed by atoms with E-state index < -0.39 is 7.12 Å². The van der Waals surface area contributed by atoms with Gasteiger partial charge in [-0.1, -0.05) is 12.1 Å². The maximum absolute atomic E-state index is 12.5. The Balaban J connectivity index is 1.82. The second kappa shape index (κ2) is 5.62. The summed E-state index contributed by atoms with van der Waals surface area (Å²) >= 11 is 0. The van der Waals surface area contributed by atoms with Crippen LogP contribution >= 0.6 is 0 Å². The summed E-state index contributed by atoms with van der Waals surface area (Å²) in [7, 11) is 1.20. The summed E-state index contributed by atoms with van der Waals surface area (Å²) in [5.74, 6) is 0.0513. The Morgan fingerprint density at radius 3 is 2.48 bits per heavy atom. The third kappa shape index (κ3) is 2.79. The summed E-state index contributed by atoms with van der Waals surface area (Å²) < 4.78 is 17.2. The van der Waals surface area contributed by atoms with Crippen LogP contribution in [0.4, 0.5) is 0 Å². The molecule has 6 heteroatoms. The zero-order valence-electron chi connectivity index (χ0n) is 14.5. The van der Waals surface area contributed by atoms with Crippen molar-refractivity contribution in [3.05, 3.63) is 29.3 Å². The molecule has 1 aromatic rings. The van der Waals surface area contributed by atoms with E-state index >= 15 is 0 Å². The first-order chi connectivity index (χ1) is 10.7. The van der Waals surface area contributed by atoms with Gasteiger partial charge in [0.2, 0.25) is 0 Å². The molecule has 23 heavy (non-hydrogen) atoms. The minimum absolute atomic E-state index is 0.0513. The molecule has 2 heterocycles. The van der Waals surface area contributed by atoms with Gasteiger partial charge < -0.3 is 18.9 Å². The quantitative estimate of drug-likeness (QED) is 0.791. The van der Waals surface area contributed by atoms with Crippen molar-refractivity contribution in [2.24, 2.45) is 0 Å². The monoisotopic (exact) mass is 317 g/mol. The van der Waals surface area contributed by atoms with Crippen molar-refractivity contribution >= 4 is 18.5 Å². The number of hydrogen-bond donors (Lipinski definition) is 0. The van der Waals surface area contributed by atoms with Crippen LogP contribution in [-0.2, 0) is 20.6 Å². The number of carbonyl (C=O) groups is 1. The van der Waals surface area contributed by atoms with Crippen molar-refractivity contribution in [3.8, 4) is 0 Å². The van der Waals surface area contributed by atoms with Gasteiger partial charge in [0.25, 0.3) is 5.91 Å². The van der Waals surface area contributed by atoms with E-state index in [0.29, 0.717) is 19.7 Å². The second-order valence-electron chi connectivity index (χ2n) is 7.22. The van der Waals surface area contributed by atoms with Crippen molar-refractivity contribution in [2.75, 3.05) is 20.3 Å². The number of hydrogen-bond acceptors (Lipinski definition) is 4. The molecule has 1 fully saturated rings. The zero-order valence-corrected chi connectivity index (χ0v) is 14.5. The Bertz CT molecular complexity index is 613. The Labute approximate surface area is 138 Å². The van der Waals surface area contributed by atoms with Crippen molar-refractivity contribution in [2.45, 2.75) is 45.4 Å². The van der Waals surface area contributed by atoms with Gasteiger partial charge in [-0.15, -0.1) is 0 Å². The van der Waals surface area contributed by atoms with Crippen LogP contribution in [0.3, 0.4) is 0 Å². The van der Waals surface area contributed by atoms with Crippen LogP contribution in [0.15, 0.2) is 18.2 Å². The molecule has 0 atom stereocenters. The number of rotatable bonds is 4. The van der Waals surface area contributed by atoms with Crippen molar-refractivity contribution < 1.29 is 18.8 Å². The fraction of sp³-hybridized carbons (Fsp3) is 0.588. The van der Waals surface area contributed by atoms with Crippen LogP contribution in [0.1, 0.15) is 43.6 Å². The molecular weight excluding hydrogens is 293 g/mol. The molecule has 0 aromatic heterocycles. The molecule has 0 radical (unpaired) electrons. The van der Waals surface area contributed by atoms with Gasteiger partial charge in [0, 0.05) is 25.8 Å². The smallest absolute Gasteiger partial charge is 0.399 e. The molecule has 1 amide bonds. The largest absolute Gasteiger partial charge is 0.494 e. The van der Waals surface area contributed by atoms with E-state index in [2.05, 4.69) is 0 Å². The van der Waals surface area contributed by atoms with Gasteiger partial charge in [0.1, 0.15) is 0 Å². The standard InChI is InChI=1S/C17H24BNO4/c1-16(2)17(3,4)23-18(22-16)13-7-6-12-11-19(8-9-21-5)15(20)14(12)10-13/h6-7,10H,8-9,11H2,1-5H3. The third-order valence-corrected chi connectivity index (χ3v) is 5.10. The fourth-order valence-electron chi connectivity index (χ4n) is 2.89. The van der Waals surface area contributed by atoms with Gasteiger partial charge in [-0.25, -0.2) is 0 Å². The van der Waals surface area contributed by atoms with E-state index in [1.54, 1.807) is 7.11 Å². The molecule has 0 bridgehead atoms. The average molecular weight is 317 g/mol. The summed E-state index contributed by atoms with van der Waals surface area (Å²) in [6.45, 7) is 9.90. The van der Waals surface area contributed by atoms with Gasteiger partial charge in [0.15, 0.2) is 0 Å². The predicted molar refractivity (Wildman–Crippen MR) is 88.8 cm³/mol. The lowest BCUT2D eigenvalue weighted by Gasteiger charge is -2.32. The number of amides is 1. The highest BCUT2D eigenvalue weighted by Crippen LogP contribution is 2.36. The lowest BCUT2D eigenvalue weighted by molar-refractivity contribution is 0.00578. The normalized spacial score (nSPS) is 21.9. The van der Waals surface area contributed by atoms with Crippen molar-refractivity contribution in [1.29, 1.82) is 0 Å². The average Bonchev–Trinajstić information content (AvgIpc) is 2.90. The molecule has 0 spiro atoms. The molecule has 0 aliphatic carbocycles. The van der Waals surface area contributed by atoms with Gasteiger partial charge >= 0.3 is 7.12 Å². The number of nitrogens with zero attached hydrogens (tertiary/aromatic N) is 1. The lowest BCUT2D eigenvalue weighted by atomic mass is 9.78. The number of methoxy groups -OCH3 is 1. The summed E-state index contributed by atoms with van der Waals surface area (Å²) in [6, 6.07) is 5.90. The predicted octanol–water partition coefficient (Wildman–Crippen LogP) is 1.59. The first-order valence-electron chi connectivity index (χ1n) is 8.02. The first kappa shape index (κ1) is 16.5. The maximum Gasteiger partial charge on any atom is 0.494 e. The molecular formula is C17H24BNO4. The van der Waals surface area contributed by atoms with Crippen LogP contribution < -0.4 is 5.46 Å². The molecule has 2 aliphatic heterocycles. The molecule has 3 rings (SSSR count). The number of carbonyl (C=O) groups excluding carboxylic acids is 1. The summed E-state index contributed by atoms with van der Waals surface area (Å²) in [6.07, 6.45) is 0. The van der Waals surface area contributed by atoms with E-state index in [-0.39, 0.29) is 17.1 Å². The van der Waals surface area contributed by atoms with Crippen LogP contribution in [0.25, 0.3) is 0 Å². The SMILES string of the molecule is COCCN1Cc2ccc(B3OC(C)(C)C(C)(C)O3)cc2C1=O. The van der Waals surface area contributed by atoms with Crippen LogP contribution in [-0.4, -0.2) is 49.4 Å². The van der Waals surface area contributed by atoms with E-state index in [4.69, 9.17) is 14.0 Å². The zero-order chi connectivity index (χ0) is 16.8. The molecule has 124 valence electrons. The van der Waals surface area contributed by atoms with E-state index in [1.807, 2.05) is 50.8 Å².